The first-order chi connectivity index (χ1) is 12.1. The molecule has 5 nitrogen and oxygen atoms in total. The van der Waals surface area contributed by atoms with Gasteiger partial charge in [-0.05, 0) is 49.2 Å². The van der Waals surface area contributed by atoms with Crippen LogP contribution < -0.4 is 4.74 Å². The molecule has 2 heterocycles. The Morgan fingerprint density at radius 2 is 2.20 bits per heavy atom. The van der Waals surface area contributed by atoms with Crippen LogP contribution in [-0.4, -0.2) is 40.7 Å². The second kappa shape index (κ2) is 7.61. The summed E-state index contributed by atoms with van der Waals surface area (Å²) in [5.41, 5.74) is 1.38. The standard InChI is InChI=1S/C19H21FN2O3/c1-25-17-9-8-13(12-14(17)20)18(15-6-2-4-10-21-15)22-11-5-3-7-16(22)19(23)24/h2,4,6,8-10,12,16,18H,3,5,7,11H2,1H3,(H,23,24). The number of hydrogen-bond acceptors (Lipinski definition) is 4. The highest BCUT2D eigenvalue weighted by atomic mass is 19.1. The Morgan fingerprint density at radius 3 is 2.84 bits per heavy atom. The van der Waals surface area contributed by atoms with Gasteiger partial charge in [-0.1, -0.05) is 18.6 Å². The highest BCUT2D eigenvalue weighted by molar-refractivity contribution is 5.73. The smallest absolute Gasteiger partial charge is 0.320 e. The number of carboxylic acid groups (broad SMARTS) is 1. The first kappa shape index (κ1) is 17.4. The zero-order chi connectivity index (χ0) is 17.8. The quantitative estimate of drug-likeness (QED) is 0.902. The van der Waals surface area contributed by atoms with Gasteiger partial charge in [0.2, 0.25) is 0 Å². The van der Waals surface area contributed by atoms with E-state index in [-0.39, 0.29) is 5.75 Å². The Balaban J connectivity index is 2.07. The summed E-state index contributed by atoms with van der Waals surface area (Å²) in [7, 11) is 1.42. The monoisotopic (exact) mass is 344 g/mol. The lowest BCUT2D eigenvalue weighted by atomic mass is 9.94. The third-order valence-electron chi connectivity index (χ3n) is 4.62. The minimum atomic E-state index is -0.852. The van der Waals surface area contributed by atoms with Crippen molar-refractivity contribution in [1.82, 2.24) is 9.88 Å². The number of benzene rings is 1. The Morgan fingerprint density at radius 1 is 1.36 bits per heavy atom. The number of aromatic nitrogens is 1. The van der Waals surface area contributed by atoms with Crippen LogP contribution in [0, 0.1) is 5.82 Å². The van der Waals surface area contributed by atoms with Crippen molar-refractivity contribution < 1.29 is 19.0 Å². The number of methoxy groups -OCH3 is 1. The predicted molar refractivity (Wildman–Crippen MR) is 91.0 cm³/mol. The van der Waals surface area contributed by atoms with Gasteiger partial charge in [-0.2, -0.15) is 0 Å². The van der Waals surface area contributed by atoms with E-state index >= 15 is 0 Å². The molecule has 1 aromatic carbocycles. The summed E-state index contributed by atoms with van der Waals surface area (Å²) < 4.78 is 19.3. The van der Waals surface area contributed by atoms with Crippen molar-refractivity contribution in [3.8, 4) is 5.75 Å². The van der Waals surface area contributed by atoms with Crippen LogP contribution in [0.4, 0.5) is 4.39 Å². The molecule has 1 aliphatic heterocycles. The average molecular weight is 344 g/mol. The highest BCUT2D eigenvalue weighted by Gasteiger charge is 2.35. The molecule has 1 saturated heterocycles. The van der Waals surface area contributed by atoms with Crippen molar-refractivity contribution in [2.45, 2.75) is 31.3 Å². The number of pyridine rings is 1. The minimum absolute atomic E-state index is 0.164. The number of hydrogen-bond donors (Lipinski definition) is 1. The zero-order valence-corrected chi connectivity index (χ0v) is 14.1. The van der Waals surface area contributed by atoms with Gasteiger partial charge in [-0.25, -0.2) is 4.39 Å². The van der Waals surface area contributed by atoms with Crippen molar-refractivity contribution in [2.75, 3.05) is 13.7 Å². The van der Waals surface area contributed by atoms with Gasteiger partial charge in [-0.3, -0.25) is 14.7 Å². The molecule has 2 aromatic rings. The third-order valence-corrected chi connectivity index (χ3v) is 4.62. The fraction of sp³-hybridized carbons (Fsp3) is 0.368. The largest absolute Gasteiger partial charge is 0.494 e. The predicted octanol–water partition coefficient (Wildman–Crippen LogP) is 3.26. The van der Waals surface area contributed by atoms with E-state index in [0.29, 0.717) is 24.2 Å². The Hall–Kier alpha value is -2.47. The molecule has 0 saturated carbocycles. The number of halogens is 1. The third kappa shape index (κ3) is 3.64. The molecular formula is C19H21FN2O3. The normalized spacial score (nSPS) is 19.4. The van der Waals surface area contributed by atoms with Gasteiger partial charge >= 0.3 is 5.97 Å². The fourth-order valence-corrected chi connectivity index (χ4v) is 3.45. The zero-order valence-electron chi connectivity index (χ0n) is 14.1. The van der Waals surface area contributed by atoms with Crippen LogP contribution >= 0.6 is 0 Å². The topological polar surface area (TPSA) is 62.7 Å². The van der Waals surface area contributed by atoms with E-state index in [4.69, 9.17) is 4.74 Å². The fourth-order valence-electron chi connectivity index (χ4n) is 3.45. The summed E-state index contributed by atoms with van der Waals surface area (Å²) in [6.07, 6.45) is 4.03. The molecule has 25 heavy (non-hydrogen) atoms. The molecule has 0 bridgehead atoms. The van der Waals surface area contributed by atoms with E-state index < -0.39 is 23.9 Å². The Bertz CT molecular complexity index is 739. The summed E-state index contributed by atoms with van der Waals surface area (Å²) in [5.74, 6) is -1.16. The summed E-state index contributed by atoms with van der Waals surface area (Å²) >= 11 is 0. The van der Waals surface area contributed by atoms with Crippen LogP contribution in [0.1, 0.15) is 36.6 Å². The van der Waals surface area contributed by atoms with E-state index in [1.807, 2.05) is 17.0 Å². The SMILES string of the molecule is COc1ccc(C(c2ccccn2)N2CCCCC2C(=O)O)cc1F. The first-order valence-electron chi connectivity index (χ1n) is 8.34. The number of rotatable bonds is 5. The maximum Gasteiger partial charge on any atom is 0.320 e. The first-order valence-corrected chi connectivity index (χ1v) is 8.34. The van der Waals surface area contributed by atoms with E-state index in [1.54, 1.807) is 24.4 Å². The van der Waals surface area contributed by atoms with Crippen molar-refractivity contribution in [3.63, 3.8) is 0 Å². The van der Waals surface area contributed by atoms with Crippen LogP contribution in [0.15, 0.2) is 42.6 Å². The van der Waals surface area contributed by atoms with Gasteiger partial charge < -0.3 is 9.84 Å². The minimum Gasteiger partial charge on any atom is -0.494 e. The number of likely N-dealkylation sites (tertiary alicyclic amines) is 1. The van der Waals surface area contributed by atoms with E-state index in [0.717, 1.165) is 12.8 Å². The van der Waals surface area contributed by atoms with Gasteiger partial charge in [0.05, 0.1) is 18.8 Å². The van der Waals surface area contributed by atoms with Crippen LogP contribution in [0.2, 0.25) is 0 Å². The van der Waals surface area contributed by atoms with Crippen molar-refractivity contribution in [3.05, 3.63) is 59.7 Å². The molecule has 1 aliphatic rings. The van der Waals surface area contributed by atoms with Gasteiger partial charge in [0.1, 0.15) is 6.04 Å². The maximum absolute atomic E-state index is 14.3. The molecule has 3 rings (SSSR count). The molecule has 6 heteroatoms. The number of aliphatic carboxylic acids is 1. The summed E-state index contributed by atoms with van der Waals surface area (Å²) in [6, 6.07) is 9.24. The summed E-state index contributed by atoms with van der Waals surface area (Å²) in [6.45, 7) is 0.631. The van der Waals surface area contributed by atoms with Gasteiger partial charge in [0.15, 0.2) is 11.6 Å². The van der Waals surface area contributed by atoms with Crippen molar-refractivity contribution >= 4 is 5.97 Å². The Kier molecular flexibility index (Phi) is 5.28. The number of nitrogens with zero attached hydrogens (tertiary/aromatic N) is 2. The van der Waals surface area contributed by atoms with Crippen molar-refractivity contribution in [1.29, 1.82) is 0 Å². The molecule has 0 spiro atoms. The average Bonchev–Trinajstić information content (AvgIpc) is 2.63. The lowest BCUT2D eigenvalue weighted by Gasteiger charge is -2.39. The lowest BCUT2D eigenvalue weighted by Crippen LogP contribution is -2.47. The molecule has 1 fully saturated rings. The van der Waals surface area contributed by atoms with Crippen LogP contribution in [0.25, 0.3) is 0 Å². The molecule has 0 aliphatic carbocycles. The van der Waals surface area contributed by atoms with E-state index in [1.165, 1.54) is 13.2 Å². The second-order valence-electron chi connectivity index (χ2n) is 6.14. The molecule has 2 unspecified atom stereocenters. The molecule has 0 radical (unpaired) electrons. The Labute approximate surface area is 146 Å². The number of piperidine rings is 1. The van der Waals surface area contributed by atoms with Crippen LogP contribution in [-0.2, 0) is 4.79 Å². The highest BCUT2D eigenvalue weighted by Crippen LogP contribution is 2.34. The molecule has 132 valence electrons. The van der Waals surface area contributed by atoms with Crippen molar-refractivity contribution in [2.24, 2.45) is 0 Å². The summed E-state index contributed by atoms with van der Waals surface area (Å²) in [5, 5.41) is 9.63. The molecular weight excluding hydrogens is 323 g/mol. The van der Waals surface area contributed by atoms with Crippen LogP contribution in [0.5, 0.6) is 5.75 Å². The van der Waals surface area contributed by atoms with E-state index in [9.17, 15) is 14.3 Å². The molecule has 1 N–H and O–H groups in total. The van der Waals surface area contributed by atoms with Gasteiger partial charge in [0.25, 0.3) is 0 Å². The molecule has 0 amide bonds. The van der Waals surface area contributed by atoms with Gasteiger partial charge in [0, 0.05) is 6.20 Å². The summed E-state index contributed by atoms with van der Waals surface area (Å²) in [4.78, 5) is 18.1. The maximum atomic E-state index is 14.3. The second-order valence-corrected chi connectivity index (χ2v) is 6.14. The number of carboxylic acids is 1. The van der Waals surface area contributed by atoms with Crippen LogP contribution in [0.3, 0.4) is 0 Å². The van der Waals surface area contributed by atoms with Gasteiger partial charge in [-0.15, -0.1) is 0 Å². The van der Waals surface area contributed by atoms with E-state index in [2.05, 4.69) is 4.98 Å². The molecule has 1 aromatic heterocycles. The lowest BCUT2D eigenvalue weighted by molar-refractivity contribution is -0.145. The number of carbonyl (C=O) groups is 1. The number of ether oxygens (including phenoxy) is 1. The molecule has 2 atom stereocenters.